The number of carbonyl (C=O) groups excluding carboxylic acids is 1. The molecular formula is C11H14BrN3O. The van der Waals surface area contributed by atoms with E-state index in [0.29, 0.717) is 0 Å². The molecule has 0 bridgehead atoms. The smallest absolute Gasteiger partial charge is 0.156 e. The molecule has 1 rings (SSSR count). The molecule has 1 aromatic rings. The van der Waals surface area contributed by atoms with Gasteiger partial charge in [-0.05, 0) is 22.9 Å². The molecule has 86 valence electrons. The maximum Gasteiger partial charge on any atom is 0.156 e. The third kappa shape index (κ3) is 2.71. The SMILES string of the molecule is C#CCC(N)C(=O)Cc1c(Br)c(C)nn1C. The highest BCUT2D eigenvalue weighted by molar-refractivity contribution is 9.10. The zero-order chi connectivity index (χ0) is 12.3. The van der Waals surface area contributed by atoms with Gasteiger partial charge in [-0.15, -0.1) is 12.3 Å². The minimum atomic E-state index is -0.591. The lowest BCUT2D eigenvalue weighted by atomic mass is 10.1. The molecule has 0 aliphatic rings. The Labute approximate surface area is 103 Å². The Morgan fingerprint density at radius 2 is 2.38 bits per heavy atom. The van der Waals surface area contributed by atoms with Crippen LogP contribution in [0.4, 0.5) is 0 Å². The van der Waals surface area contributed by atoms with Gasteiger partial charge in [-0.1, -0.05) is 0 Å². The predicted octanol–water partition coefficient (Wildman–Crippen LogP) is 0.953. The topological polar surface area (TPSA) is 60.9 Å². The summed E-state index contributed by atoms with van der Waals surface area (Å²) in [6.45, 7) is 1.87. The van der Waals surface area contributed by atoms with Crippen LogP contribution in [0.2, 0.25) is 0 Å². The molecular weight excluding hydrogens is 270 g/mol. The average molecular weight is 284 g/mol. The largest absolute Gasteiger partial charge is 0.321 e. The number of hydrogen-bond acceptors (Lipinski definition) is 3. The summed E-state index contributed by atoms with van der Waals surface area (Å²) < 4.78 is 2.54. The van der Waals surface area contributed by atoms with Gasteiger partial charge in [0.15, 0.2) is 5.78 Å². The molecule has 1 aromatic heterocycles. The Morgan fingerprint density at radius 1 is 1.75 bits per heavy atom. The normalized spacial score (nSPS) is 12.2. The molecule has 0 fully saturated rings. The van der Waals surface area contributed by atoms with Crippen molar-refractivity contribution in [3.05, 3.63) is 15.9 Å². The van der Waals surface area contributed by atoms with E-state index in [1.807, 2.05) is 6.92 Å². The molecule has 0 aliphatic heterocycles. The van der Waals surface area contributed by atoms with Gasteiger partial charge in [-0.2, -0.15) is 5.10 Å². The van der Waals surface area contributed by atoms with E-state index in [2.05, 4.69) is 26.9 Å². The lowest BCUT2D eigenvalue weighted by Crippen LogP contribution is -2.31. The minimum Gasteiger partial charge on any atom is -0.321 e. The molecule has 1 unspecified atom stereocenters. The van der Waals surface area contributed by atoms with Crippen molar-refractivity contribution >= 4 is 21.7 Å². The van der Waals surface area contributed by atoms with E-state index in [9.17, 15) is 4.79 Å². The van der Waals surface area contributed by atoms with Gasteiger partial charge in [0.25, 0.3) is 0 Å². The Kier molecular flexibility index (Phi) is 4.27. The number of carbonyl (C=O) groups is 1. The standard InChI is InChI=1S/C11H14BrN3O/c1-4-5-8(13)10(16)6-9-11(12)7(2)14-15(9)3/h1,8H,5-6,13H2,2-3H3. The van der Waals surface area contributed by atoms with Gasteiger partial charge in [0.1, 0.15) is 0 Å². The van der Waals surface area contributed by atoms with Crippen molar-refractivity contribution in [3.8, 4) is 12.3 Å². The molecule has 1 atom stereocenters. The van der Waals surface area contributed by atoms with Gasteiger partial charge in [0.2, 0.25) is 0 Å². The third-order valence-corrected chi connectivity index (χ3v) is 3.39. The van der Waals surface area contributed by atoms with Gasteiger partial charge in [0.05, 0.1) is 28.3 Å². The number of aromatic nitrogens is 2. The summed E-state index contributed by atoms with van der Waals surface area (Å²) >= 11 is 3.40. The van der Waals surface area contributed by atoms with Gasteiger partial charge in [-0.3, -0.25) is 9.48 Å². The second-order valence-electron chi connectivity index (χ2n) is 3.63. The molecule has 1 heterocycles. The summed E-state index contributed by atoms with van der Waals surface area (Å²) in [5.74, 6) is 2.32. The maximum atomic E-state index is 11.7. The Hall–Kier alpha value is -1.12. The summed E-state index contributed by atoms with van der Waals surface area (Å²) in [6, 6.07) is -0.591. The van der Waals surface area contributed by atoms with Gasteiger partial charge in [0, 0.05) is 13.5 Å². The molecule has 16 heavy (non-hydrogen) atoms. The molecule has 0 radical (unpaired) electrons. The molecule has 0 amide bonds. The average Bonchev–Trinajstić information content (AvgIpc) is 2.45. The van der Waals surface area contributed by atoms with Gasteiger partial charge < -0.3 is 5.73 Å². The van der Waals surface area contributed by atoms with Crippen LogP contribution in [0.5, 0.6) is 0 Å². The first-order valence-corrected chi connectivity index (χ1v) is 5.66. The summed E-state index contributed by atoms with van der Waals surface area (Å²) in [7, 11) is 1.80. The Morgan fingerprint density at radius 3 is 2.81 bits per heavy atom. The Bertz CT molecular complexity index is 445. The molecule has 4 nitrogen and oxygen atoms in total. The number of nitrogens with zero attached hydrogens (tertiary/aromatic N) is 2. The minimum absolute atomic E-state index is 0.0679. The molecule has 5 heteroatoms. The maximum absolute atomic E-state index is 11.7. The summed E-state index contributed by atoms with van der Waals surface area (Å²) in [4.78, 5) is 11.7. The number of halogens is 1. The zero-order valence-electron chi connectivity index (χ0n) is 9.33. The second-order valence-corrected chi connectivity index (χ2v) is 4.42. The zero-order valence-corrected chi connectivity index (χ0v) is 10.9. The van der Waals surface area contributed by atoms with E-state index >= 15 is 0 Å². The first-order chi connectivity index (χ1) is 7.47. The van der Waals surface area contributed by atoms with Crippen LogP contribution in [0.3, 0.4) is 0 Å². The highest BCUT2D eigenvalue weighted by Gasteiger charge is 2.18. The summed E-state index contributed by atoms with van der Waals surface area (Å²) in [6.07, 6.45) is 5.64. The first-order valence-electron chi connectivity index (χ1n) is 4.87. The number of rotatable bonds is 4. The van der Waals surface area contributed by atoms with E-state index in [1.165, 1.54) is 0 Å². The first kappa shape index (κ1) is 12.9. The van der Waals surface area contributed by atoms with Crippen LogP contribution in [-0.4, -0.2) is 21.6 Å². The number of nitrogens with two attached hydrogens (primary N) is 1. The van der Waals surface area contributed by atoms with Crippen molar-refractivity contribution < 1.29 is 4.79 Å². The van der Waals surface area contributed by atoms with Crippen LogP contribution in [-0.2, 0) is 18.3 Å². The van der Waals surface area contributed by atoms with E-state index in [1.54, 1.807) is 11.7 Å². The highest BCUT2D eigenvalue weighted by Crippen LogP contribution is 2.21. The summed E-state index contributed by atoms with van der Waals surface area (Å²) in [5, 5.41) is 4.21. The van der Waals surface area contributed by atoms with E-state index in [-0.39, 0.29) is 18.6 Å². The van der Waals surface area contributed by atoms with Crippen LogP contribution < -0.4 is 5.73 Å². The van der Waals surface area contributed by atoms with Crippen molar-refractivity contribution in [1.82, 2.24) is 9.78 Å². The number of aryl methyl sites for hydroxylation is 2. The number of Topliss-reactive ketones (excluding diaryl/α,β-unsaturated/α-hetero) is 1. The quantitative estimate of drug-likeness (QED) is 0.837. The highest BCUT2D eigenvalue weighted by atomic mass is 79.9. The predicted molar refractivity (Wildman–Crippen MR) is 65.8 cm³/mol. The van der Waals surface area contributed by atoms with Gasteiger partial charge >= 0.3 is 0 Å². The van der Waals surface area contributed by atoms with Crippen LogP contribution in [0.1, 0.15) is 17.8 Å². The fraction of sp³-hybridized carbons (Fsp3) is 0.455. The lowest BCUT2D eigenvalue weighted by Gasteiger charge is -2.07. The van der Waals surface area contributed by atoms with Crippen molar-refractivity contribution in [3.63, 3.8) is 0 Å². The summed E-state index contributed by atoms with van der Waals surface area (Å²) in [5.41, 5.74) is 7.33. The van der Waals surface area contributed by atoms with Crippen molar-refractivity contribution in [2.45, 2.75) is 25.8 Å². The molecule has 0 aromatic carbocycles. The fourth-order valence-corrected chi connectivity index (χ4v) is 1.89. The van der Waals surface area contributed by atoms with E-state index in [0.717, 1.165) is 15.9 Å². The van der Waals surface area contributed by atoms with Crippen LogP contribution >= 0.6 is 15.9 Å². The number of ketones is 1. The number of hydrogen-bond donors (Lipinski definition) is 1. The number of terminal acetylenes is 1. The molecule has 2 N–H and O–H groups in total. The monoisotopic (exact) mass is 283 g/mol. The third-order valence-electron chi connectivity index (χ3n) is 2.35. The van der Waals surface area contributed by atoms with Crippen molar-refractivity contribution in [2.24, 2.45) is 12.8 Å². The van der Waals surface area contributed by atoms with Crippen molar-refractivity contribution in [2.75, 3.05) is 0 Å². The molecule has 0 spiro atoms. The van der Waals surface area contributed by atoms with Crippen LogP contribution in [0.15, 0.2) is 4.47 Å². The molecule has 0 aliphatic carbocycles. The van der Waals surface area contributed by atoms with Crippen molar-refractivity contribution in [1.29, 1.82) is 0 Å². The van der Waals surface area contributed by atoms with Crippen LogP contribution in [0.25, 0.3) is 0 Å². The van der Waals surface area contributed by atoms with Gasteiger partial charge in [-0.25, -0.2) is 0 Å². The molecule has 0 saturated carbocycles. The van der Waals surface area contributed by atoms with E-state index < -0.39 is 6.04 Å². The lowest BCUT2D eigenvalue weighted by molar-refractivity contribution is -0.119. The van der Waals surface area contributed by atoms with E-state index in [4.69, 9.17) is 12.2 Å². The van der Waals surface area contributed by atoms with Crippen LogP contribution in [0, 0.1) is 19.3 Å². The second kappa shape index (κ2) is 5.28. The fourth-order valence-electron chi connectivity index (χ4n) is 1.41. The Balaban J connectivity index is 2.81. The molecule has 0 saturated heterocycles.